The molecular formula is C17H29NO3. The van der Waals surface area contributed by atoms with Crippen LogP contribution in [0.1, 0.15) is 59.3 Å². The Morgan fingerprint density at radius 1 is 1.19 bits per heavy atom. The van der Waals surface area contributed by atoms with Gasteiger partial charge in [0, 0.05) is 6.54 Å². The molecule has 4 heteroatoms. The van der Waals surface area contributed by atoms with Gasteiger partial charge >= 0.3 is 0 Å². The van der Waals surface area contributed by atoms with Gasteiger partial charge in [0.1, 0.15) is 5.60 Å². The van der Waals surface area contributed by atoms with Crippen molar-refractivity contribution in [2.24, 2.45) is 22.2 Å². The van der Waals surface area contributed by atoms with Gasteiger partial charge in [-0.2, -0.15) is 0 Å². The quantitative estimate of drug-likeness (QED) is 0.741. The molecule has 3 N–H and O–H groups in total. The maximum atomic E-state index is 12.8. The molecule has 0 aliphatic heterocycles. The first-order valence-corrected chi connectivity index (χ1v) is 8.21. The molecular weight excluding hydrogens is 266 g/mol. The molecule has 0 heterocycles. The molecule has 4 saturated carbocycles. The first kappa shape index (κ1) is 15.3. The molecule has 1 amide bonds. The molecule has 0 aromatic carbocycles. The number of rotatable bonds is 4. The molecule has 0 saturated heterocycles. The van der Waals surface area contributed by atoms with E-state index in [1.54, 1.807) is 6.92 Å². The average Bonchev–Trinajstić information content (AvgIpc) is 2.31. The summed E-state index contributed by atoms with van der Waals surface area (Å²) >= 11 is 0. The van der Waals surface area contributed by atoms with Crippen molar-refractivity contribution < 1.29 is 15.0 Å². The predicted molar refractivity (Wildman–Crippen MR) is 80.6 cm³/mol. The highest BCUT2D eigenvalue weighted by Crippen LogP contribution is 2.69. The maximum absolute atomic E-state index is 12.8. The molecule has 0 aromatic rings. The van der Waals surface area contributed by atoms with Crippen molar-refractivity contribution >= 4 is 5.91 Å². The van der Waals surface area contributed by atoms with Crippen LogP contribution in [0.3, 0.4) is 0 Å². The Morgan fingerprint density at radius 2 is 1.76 bits per heavy atom. The third-order valence-corrected chi connectivity index (χ3v) is 6.08. The second kappa shape index (κ2) is 4.45. The summed E-state index contributed by atoms with van der Waals surface area (Å²) in [7, 11) is 0. The fourth-order valence-corrected chi connectivity index (χ4v) is 6.22. The highest BCUT2D eigenvalue weighted by molar-refractivity contribution is 5.83. The van der Waals surface area contributed by atoms with Crippen molar-refractivity contribution in [3.63, 3.8) is 0 Å². The monoisotopic (exact) mass is 295 g/mol. The van der Waals surface area contributed by atoms with Gasteiger partial charge in [0.05, 0.1) is 12.0 Å². The van der Waals surface area contributed by atoms with E-state index in [2.05, 4.69) is 19.2 Å². The molecule has 120 valence electrons. The fraction of sp³-hybridized carbons (Fsp3) is 0.941. The van der Waals surface area contributed by atoms with E-state index >= 15 is 0 Å². The largest absolute Gasteiger partial charge is 0.393 e. The number of aliphatic hydroxyl groups is 2. The van der Waals surface area contributed by atoms with Crippen molar-refractivity contribution in [2.75, 3.05) is 13.2 Å². The topological polar surface area (TPSA) is 69.6 Å². The van der Waals surface area contributed by atoms with Crippen LogP contribution >= 0.6 is 0 Å². The third kappa shape index (κ3) is 2.61. The van der Waals surface area contributed by atoms with E-state index in [0.717, 1.165) is 19.3 Å². The lowest BCUT2D eigenvalue weighted by atomic mass is 9.40. The Bertz CT molecular complexity index is 441. The molecule has 4 fully saturated rings. The summed E-state index contributed by atoms with van der Waals surface area (Å²) in [4.78, 5) is 12.8. The smallest absolute Gasteiger partial charge is 0.226 e. The van der Waals surface area contributed by atoms with Gasteiger partial charge in [-0.25, -0.2) is 0 Å². The van der Waals surface area contributed by atoms with Crippen LogP contribution < -0.4 is 5.32 Å². The summed E-state index contributed by atoms with van der Waals surface area (Å²) in [5, 5.41) is 21.9. The molecule has 3 unspecified atom stereocenters. The first-order chi connectivity index (χ1) is 9.60. The molecule has 0 radical (unpaired) electrons. The predicted octanol–water partition coefficient (Wildman–Crippen LogP) is 1.84. The molecule has 4 nitrogen and oxygen atoms in total. The molecule has 0 aromatic heterocycles. The lowest BCUT2D eigenvalue weighted by Crippen LogP contribution is -2.60. The SMILES string of the molecule is CC(O)(CO)CNC(=O)C12CC3CC(C)(CC(C)(C3)C1)C2. The Morgan fingerprint density at radius 3 is 2.24 bits per heavy atom. The molecule has 0 spiro atoms. The normalized spacial score (nSPS) is 47.2. The van der Waals surface area contributed by atoms with Crippen LogP contribution in [0.15, 0.2) is 0 Å². The Labute approximate surface area is 127 Å². The van der Waals surface area contributed by atoms with E-state index in [0.29, 0.717) is 16.7 Å². The van der Waals surface area contributed by atoms with Gasteiger partial charge in [-0.3, -0.25) is 4.79 Å². The van der Waals surface area contributed by atoms with Crippen LogP contribution in [-0.2, 0) is 4.79 Å². The lowest BCUT2D eigenvalue weighted by Gasteiger charge is -2.64. The zero-order valence-electron chi connectivity index (χ0n) is 13.5. The second-order valence-electron chi connectivity index (χ2n) is 9.25. The molecule has 3 atom stereocenters. The van der Waals surface area contributed by atoms with Crippen LogP contribution in [0.25, 0.3) is 0 Å². The highest BCUT2D eigenvalue weighted by Gasteiger charge is 2.62. The van der Waals surface area contributed by atoms with Gasteiger partial charge in [-0.05, 0) is 62.2 Å². The number of carbonyl (C=O) groups excluding carboxylic acids is 1. The van der Waals surface area contributed by atoms with E-state index in [9.17, 15) is 9.90 Å². The number of aliphatic hydroxyl groups excluding tert-OH is 1. The van der Waals surface area contributed by atoms with Gasteiger partial charge < -0.3 is 15.5 Å². The summed E-state index contributed by atoms with van der Waals surface area (Å²) in [5.41, 5.74) is -0.851. The number of nitrogens with one attached hydrogen (secondary N) is 1. The van der Waals surface area contributed by atoms with Gasteiger partial charge in [-0.1, -0.05) is 13.8 Å². The van der Waals surface area contributed by atoms with Crippen LogP contribution in [0.5, 0.6) is 0 Å². The second-order valence-corrected chi connectivity index (χ2v) is 9.25. The third-order valence-electron chi connectivity index (χ3n) is 6.08. The maximum Gasteiger partial charge on any atom is 0.226 e. The minimum absolute atomic E-state index is 0.0952. The zero-order chi connectivity index (χ0) is 15.5. The van der Waals surface area contributed by atoms with E-state index in [4.69, 9.17) is 5.11 Å². The van der Waals surface area contributed by atoms with Crippen LogP contribution in [0.2, 0.25) is 0 Å². The molecule has 4 aliphatic carbocycles. The van der Waals surface area contributed by atoms with Crippen molar-refractivity contribution in [1.82, 2.24) is 5.32 Å². The average molecular weight is 295 g/mol. The molecule has 4 bridgehead atoms. The zero-order valence-corrected chi connectivity index (χ0v) is 13.5. The van der Waals surface area contributed by atoms with Crippen molar-refractivity contribution in [2.45, 2.75) is 64.9 Å². The van der Waals surface area contributed by atoms with Gasteiger partial charge in [0.15, 0.2) is 0 Å². The number of hydrogen-bond donors (Lipinski definition) is 3. The van der Waals surface area contributed by atoms with E-state index in [1.807, 2.05) is 0 Å². The minimum Gasteiger partial charge on any atom is -0.393 e. The lowest BCUT2D eigenvalue weighted by molar-refractivity contribution is -0.171. The molecule has 4 aliphatic rings. The number of amides is 1. The van der Waals surface area contributed by atoms with Crippen molar-refractivity contribution in [3.05, 3.63) is 0 Å². The highest BCUT2D eigenvalue weighted by atomic mass is 16.3. The van der Waals surface area contributed by atoms with Crippen molar-refractivity contribution in [1.29, 1.82) is 0 Å². The summed E-state index contributed by atoms with van der Waals surface area (Å²) in [5.74, 6) is 0.776. The van der Waals surface area contributed by atoms with E-state index in [1.165, 1.54) is 19.3 Å². The van der Waals surface area contributed by atoms with Gasteiger partial charge in [0.25, 0.3) is 0 Å². The minimum atomic E-state index is -1.23. The Hall–Kier alpha value is -0.610. The van der Waals surface area contributed by atoms with Crippen LogP contribution in [0.4, 0.5) is 0 Å². The Kier molecular flexibility index (Phi) is 3.24. The first-order valence-electron chi connectivity index (χ1n) is 8.21. The Balaban J connectivity index is 1.77. The summed E-state index contributed by atoms with van der Waals surface area (Å²) in [6.45, 7) is 6.04. The van der Waals surface area contributed by atoms with Crippen molar-refractivity contribution in [3.8, 4) is 0 Å². The fourth-order valence-electron chi connectivity index (χ4n) is 6.22. The van der Waals surface area contributed by atoms with Gasteiger partial charge in [-0.15, -0.1) is 0 Å². The number of carbonyl (C=O) groups is 1. The van der Waals surface area contributed by atoms with Crippen LogP contribution in [-0.4, -0.2) is 34.9 Å². The summed E-state index contributed by atoms with van der Waals surface area (Å²) in [6, 6.07) is 0. The van der Waals surface area contributed by atoms with E-state index in [-0.39, 0.29) is 24.5 Å². The summed E-state index contributed by atoms with van der Waals surface area (Å²) < 4.78 is 0. The van der Waals surface area contributed by atoms with E-state index < -0.39 is 5.60 Å². The molecule has 4 rings (SSSR count). The molecule has 21 heavy (non-hydrogen) atoms. The number of hydrogen-bond acceptors (Lipinski definition) is 3. The van der Waals surface area contributed by atoms with Gasteiger partial charge in [0.2, 0.25) is 5.91 Å². The standard InChI is InChI=1S/C17H29NO3/c1-14-4-12-5-15(2,7-14)9-17(6-12,8-14)13(20)18-10-16(3,21)11-19/h12,19,21H,4-11H2,1-3H3,(H,18,20). The van der Waals surface area contributed by atoms with Crippen LogP contribution in [0, 0.1) is 22.2 Å². The summed E-state index contributed by atoms with van der Waals surface area (Å²) in [6.07, 6.45) is 6.77.